The lowest BCUT2D eigenvalue weighted by Gasteiger charge is -2.32. The van der Waals surface area contributed by atoms with E-state index in [1.54, 1.807) is 7.11 Å². The monoisotopic (exact) mass is 443 g/mol. The lowest BCUT2D eigenvalue weighted by molar-refractivity contribution is -0.192. The Morgan fingerprint density at radius 2 is 1.81 bits per heavy atom. The van der Waals surface area contributed by atoms with E-state index < -0.39 is 12.1 Å². The molecule has 0 bridgehead atoms. The smallest absolute Gasteiger partial charge is 0.490 e. The minimum atomic E-state index is -5.08. The maximum atomic E-state index is 12.6. The molecule has 1 aromatic heterocycles. The van der Waals surface area contributed by atoms with E-state index in [-0.39, 0.29) is 5.91 Å². The second-order valence-corrected chi connectivity index (χ2v) is 6.90. The Balaban J connectivity index is 0.000000423. The highest BCUT2D eigenvalue weighted by atomic mass is 19.4. The molecule has 3 rings (SSSR count). The van der Waals surface area contributed by atoms with Gasteiger partial charge in [-0.1, -0.05) is 5.21 Å². The number of piperidine rings is 1. The molecule has 1 saturated heterocycles. The fourth-order valence-corrected chi connectivity index (χ4v) is 3.02. The quantitative estimate of drug-likeness (QED) is 0.724. The summed E-state index contributed by atoms with van der Waals surface area (Å²) >= 11 is 0. The predicted molar refractivity (Wildman–Crippen MR) is 103 cm³/mol. The number of nitrogens with zero attached hydrogens (tertiary/aromatic N) is 4. The molecule has 0 spiro atoms. The summed E-state index contributed by atoms with van der Waals surface area (Å²) in [6.07, 6.45) is -1.24. The van der Waals surface area contributed by atoms with Gasteiger partial charge in [-0.15, -0.1) is 5.10 Å². The van der Waals surface area contributed by atoms with Crippen LogP contribution in [-0.2, 0) is 17.9 Å². The summed E-state index contributed by atoms with van der Waals surface area (Å²) in [5.41, 5.74) is 7.07. The molecule has 0 radical (unpaired) electrons. The van der Waals surface area contributed by atoms with Gasteiger partial charge in [0.25, 0.3) is 5.91 Å². The van der Waals surface area contributed by atoms with Crippen LogP contribution in [0.2, 0.25) is 0 Å². The average Bonchev–Trinajstić information content (AvgIpc) is 3.21. The largest absolute Gasteiger partial charge is 0.497 e. The van der Waals surface area contributed by atoms with Crippen LogP contribution in [0.5, 0.6) is 5.75 Å². The van der Waals surface area contributed by atoms with Crippen LogP contribution in [0.4, 0.5) is 13.2 Å². The van der Waals surface area contributed by atoms with Crippen molar-refractivity contribution in [3.05, 3.63) is 41.7 Å². The number of halogens is 3. The molecule has 0 saturated carbocycles. The minimum absolute atomic E-state index is 0.0854. The Labute approximate surface area is 176 Å². The SMILES string of the molecule is COc1ccc(C(=O)N2CCC(Cn3cc(CN)nn3)CC2)cc1.O=C(O)C(F)(F)F. The molecule has 170 valence electrons. The second-order valence-electron chi connectivity index (χ2n) is 6.90. The van der Waals surface area contributed by atoms with Gasteiger partial charge in [-0.2, -0.15) is 13.2 Å². The molecule has 0 unspecified atom stereocenters. The molecule has 3 N–H and O–H groups in total. The Bertz CT molecular complexity index is 862. The number of rotatable bonds is 5. The van der Waals surface area contributed by atoms with Crippen LogP contribution < -0.4 is 10.5 Å². The van der Waals surface area contributed by atoms with Gasteiger partial charge < -0.3 is 20.5 Å². The van der Waals surface area contributed by atoms with Crippen molar-refractivity contribution < 1.29 is 32.6 Å². The first-order valence-electron chi connectivity index (χ1n) is 9.46. The standard InChI is InChI=1S/C17H23N5O2.C2HF3O2/c1-24-16-4-2-14(3-5-16)17(23)21-8-6-13(7-9-21)11-22-12-15(10-18)19-20-22;3-2(4,5)1(6)7/h2-5,12-13H,6-11,18H2,1H3;(H,6,7). The van der Waals surface area contributed by atoms with Crippen molar-refractivity contribution in [1.29, 1.82) is 0 Å². The van der Waals surface area contributed by atoms with E-state index in [1.165, 1.54) is 0 Å². The topological polar surface area (TPSA) is 124 Å². The van der Waals surface area contributed by atoms with E-state index >= 15 is 0 Å². The number of hydrogen-bond donors (Lipinski definition) is 2. The van der Waals surface area contributed by atoms with E-state index in [9.17, 15) is 18.0 Å². The predicted octanol–water partition coefficient (Wildman–Crippen LogP) is 1.93. The maximum absolute atomic E-state index is 12.6. The molecule has 0 atom stereocenters. The van der Waals surface area contributed by atoms with Gasteiger partial charge in [0.2, 0.25) is 0 Å². The number of carbonyl (C=O) groups is 2. The van der Waals surface area contributed by atoms with Crippen LogP contribution in [0.3, 0.4) is 0 Å². The highest BCUT2D eigenvalue weighted by Gasteiger charge is 2.38. The van der Waals surface area contributed by atoms with Crippen molar-refractivity contribution >= 4 is 11.9 Å². The molecule has 0 aliphatic carbocycles. The number of benzene rings is 1. The van der Waals surface area contributed by atoms with Crippen molar-refractivity contribution in [2.24, 2.45) is 11.7 Å². The molecule has 2 aromatic rings. The van der Waals surface area contributed by atoms with Gasteiger partial charge in [0.05, 0.1) is 12.8 Å². The molecule has 1 aromatic carbocycles. The number of ether oxygens (including phenoxy) is 1. The van der Waals surface area contributed by atoms with Crippen molar-refractivity contribution in [3.63, 3.8) is 0 Å². The minimum Gasteiger partial charge on any atom is -0.497 e. The Kier molecular flexibility index (Phi) is 8.37. The van der Waals surface area contributed by atoms with Crippen LogP contribution in [0, 0.1) is 5.92 Å². The van der Waals surface area contributed by atoms with Gasteiger partial charge in [0.1, 0.15) is 5.75 Å². The van der Waals surface area contributed by atoms with Gasteiger partial charge in [0, 0.05) is 37.9 Å². The zero-order valence-electron chi connectivity index (χ0n) is 16.9. The first-order valence-corrected chi connectivity index (χ1v) is 9.46. The van der Waals surface area contributed by atoms with Crippen LogP contribution in [0.25, 0.3) is 0 Å². The number of likely N-dealkylation sites (tertiary alicyclic amines) is 1. The lowest BCUT2D eigenvalue weighted by atomic mass is 9.96. The number of hydrogen-bond acceptors (Lipinski definition) is 6. The molecule has 2 heterocycles. The van der Waals surface area contributed by atoms with Crippen LogP contribution >= 0.6 is 0 Å². The molecule has 31 heavy (non-hydrogen) atoms. The highest BCUT2D eigenvalue weighted by molar-refractivity contribution is 5.94. The lowest BCUT2D eigenvalue weighted by Crippen LogP contribution is -2.39. The van der Waals surface area contributed by atoms with Gasteiger partial charge in [-0.25, -0.2) is 4.79 Å². The number of nitrogens with two attached hydrogens (primary N) is 1. The molecule has 1 fully saturated rings. The fraction of sp³-hybridized carbons (Fsp3) is 0.474. The Hall–Kier alpha value is -3.15. The number of aliphatic carboxylic acids is 1. The molecule has 1 aliphatic rings. The van der Waals surface area contributed by atoms with Crippen molar-refractivity contribution in [2.45, 2.75) is 32.1 Å². The van der Waals surface area contributed by atoms with Gasteiger partial charge in [0.15, 0.2) is 0 Å². The number of amides is 1. The van der Waals surface area contributed by atoms with E-state index in [1.807, 2.05) is 40.0 Å². The van der Waals surface area contributed by atoms with Crippen LogP contribution in [0.1, 0.15) is 28.9 Å². The third-order valence-corrected chi connectivity index (χ3v) is 4.72. The number of methoxy groups -OCH3 is 1. The summed E-state index contributed by atoms with van der Waals surface area (Å²) in [5, 5.41) is 15.2. The first-order chi connectivity index (χ1) is 14.6. The highest BCUT2D eigenvalue weighted by Crippen LogP contribution is 2.21. The fourth-order valence-electron chi connectivity index (χ4n) is 3.02. The molecule has 9 nitrogen and oxygen atoms in total. The maximum Gasteiger partial charge on any atom is 0.490 e. The normalized spacial score (nSPS) is 14.5. The number of carbonyl (C=O) groups excluding carboxylic acids is 1. The van der Waals surface area contributed by atoms with Crippen molar-refractivity contribution in [3.8, 4) is 5.75 Å². The van der Waals surface area contributed by atoms with E-state index in [4.69, 9.17) is 20.4 Å². The Morgan fingerprint density at radius 1 is 1.23 bits per heavy atom. The van der Waals surface area contributed by atoms with Crippen molar-refractivity contribution in [2.75, 3.05) is 20.2 Å². The molecule has 1 amide bonds. The van der Waals surface area contributed by atoms with Crippen LogP contribution in [-0.4, -0.2) is 63.3 Å². The molecule has 1 aliphatic heterocycles. The van der Waals surface area contributed by atoms with E-state index in [0.29, 0.717) is 18.0 Å². The first kappa shape index (κ1) is 24.1. The summed E-state index contributed by atoms with van der Waals surface area (Å²) in [6, 6.07) is 7.27. The molecular formula is C19H24F3N5O4. The number of carboxylic acid groups (broad SMARTS) is 1. The zero-order valence-corrected chi connectivity index (χ0v) is 16.9. The van der Waals surface area contributed by atoms with Crippen LogP contribution in [0.15, 0.2) is 30.5 Å². The number of alkyl halides is 3. The average molecular weight is 443 g/mol. The van der Waals surface area contributed by atoms with E-state index in [2.05, 4.69) is 10.3 Å². The summed E-state index contributed by atoms with van der Waals surface area (Å²) in [7, 11) is 1.62. The third-order valence-electron chi connectivity index (χ3n) is 4.72. The Morgan fingerprint density at radius 3 is 2.26 bits per heavy atom. The molecular weight excluding hydrogens is 419 g/mol. The number of aromatic nitrogens is 3. The van der Waals surface area contributed by atoms with Gasteiger partial charge >= 0.3 is 12.1 Å². The van der Waals surface area contributed by atoms with Gasteiger partial charge in [-0.05, 0) is 43.0 Å². The summed E-state index contributed by atoms with van der Waals surface area (Å²) in [5.74, 6) is -1.40. The summed E-state index contributed by atoms with van der Waals surface area (Å²) < 4.78 is 38.7. The zero-order chi connectivity index (χ0) is 23.0. The number of carboxylic acids is 1. The van der Waals surface area contributed by atoms with E-state index in [0.717, 1.165) is 43.9 Å². The van der Waals surface area contributed by atoms with Gasteiger partial charge in [-0.3, -0.25) is 9.48 Å². The summed E-state index contributed by atoms with van der Waals surface area (Å²) in [4.78, 5) is 23.4. The summed E-state index contributed by atoms with van der Waals surface area (Å²) in [6.45, 7) is 2.79. The second kappa shape index (κ2) is 10.8. The van der Waals surface area contributed by atoms with Crippen molar-refractivity contribution in [1.82, 2.24) is 19.9 Å². The molecule has 12 heteroatoms. The third kappa shape index (κ3) is 7.24.